The summed E-state index contributed by atoms with van der Waals surface area (Å²) in [4.78, 5) is 27.7. The number of rotatable bonds is 4. The highest BCUT2D eigenvalue weighted by Gasteiger charge is 2.41. The average Bonchev–Trinajstić information content (AvgIpc) is 3.41. The second-order valence-electron chi connectivity index (χ2n) is 7.69. The zero-order valence-electron chi connectivity index (χ0n) is 16.0. The van der Waals surface area contributed by atoms with E-state index in [0.717, 1.165) is 30.0 Å². The van der Waals surface area contributed by atoms with Crippen molar-refractivity contribution in [1.82, 2.24) is 24.6 Å². The van der Waals surface area contributed by atoms with Gasteiger partial charge >= 0.3 is 11.7 Å². The molecule has 8 nitrogen and oxygen atoms in total. The number of nitrogens with one attached hydrogen (secondary N) is 1. The molecule has 2 aliphatic rings. The molecule has 2 aromatic heterocycles. The van der Waals surface area contributed by atoms with Crippen molar-refractivity contribution in [1.29, 1.82) is 0 Å². The summed E-state index contributed by atoms with van der Waals surface area (Å²) in [6, 6.07) is 13.5. The first-order valence-electron chi connectivity index (χ1n) is 9.98. The highest BCUT2D eigenvalue weighted by Crippen LogP contribution is 2.30. The Hall–Kier alpha value is -3.29. The van der Waals surface area contributed by atoms with Crippen LogP contribution in [0.3, 0.4) is 0 Å². The van der Waals surface area contributed by atoms with E-state index in [2.05, 4.69) is 10.4 Å². The van der Waals surface area contributed by atoms with Gasteiger partial charge in [0.1, 0.15) is 11.6 Å². The van der Waals surface area contributed by atoms with Crippen molar-refractivity contribution in [2.24, 2.45) is 0 Å². The van der Waals surface area contributed by atoms with Gasteiger partial charge in [0.05, 0.1) is 25.4 Å². The van der Waals surface area contributed by atoms with E-state index in [1.54, 1.807) is 16.9 Å². The third-order valence-corrected chi connectivity index (χ3v) is 5.83. The summed E-state index contributed by atoms with van der Waals surface area (Å²) in [6.07, 6.45) is 4.02. The van der Waals surface area contributed by atoms with E-state index >= 15 is 0 Å². The second kappa shape index (κ2) is 7.27. The van der Waals surface area contributed by atoms with E-state index < -0.39 is 0 Å². The lowest BCUT2D eigenvalue weighted by Gasteiger charge is -2.27. The molecule has 0 aliphatic carbocycles. The first kappa shape index (κ1) is 17.8. The van der Waals surface area contributed by atoms with E-state index in [-0.39, 0.29) is 23.8 Å². The number of amides is 2. The maximum atomic E-state index is 12.9. The van der Waals surface area contributed by atoms with Gasteiger partial charge in [-0.15, -0.1) is 0 Å². The lowest BCUT2D eigenvalue weighted by molar-refractivity contribution is 0.169. The molecule has 4 heterocycles. The van der Waals surface area contributed by atoms with Gasteiger partial charge in [-0.1, -0.05) is 30.3 Å². The van der Waals surface area contributed by atoms with Crippen LogP contribution >= 0.6 is 0 Å². The van der Waals surface area contributed by atoms with Crippen LogP contribution in [0.25, 0.3) is 0 Å². The molecule has 0 unspecified atom stereocenters. The lowest BCUT2D eigenvalue weighted by atomic mass is 10.1. The number of fused-ring (bicyclic) bond motifs is 3. The molecule has 2 bridgehead atoms. The zero-order valence-corrected chi connectivity index (χ0v) is 16.0. The fraction of sp³-hybridized carbons (Fsp3) is 0.381. The maximum absolute atomic E-state index is 12.9. The summed E-state index contributed by atoms with van der Waals surface area (Å²) in [5, 5.41) is 7.54. The van der Waals surface area contributed by atoms with Crippen molar-refractivity contribution in [3.63, 3.8) is 0 Å². The largest absolute Gasteiger partial charge is 0.467 e. The highest BCUT2D eigenvalue weighted by atomic mass is 16.3. The Morgan fingerprint density at radius 2 is 1.97 bits per heavy atom. The first-order chi connectivity index (χ1) is 14.2. The van der Waals surface area contributed by atoms with Gasteiger partial charge in [-0.2, -0.15) is 5.10 Å². The molecule has 5 rings (SSSR count). The van der Waals surface area contributed by atoms with Crippen molar-refractivity contribution in [2.75, 3.05) is 0 Å². The number of carbonyl (C=O) groups is 1. The maximum Gasteiger partial charge on any atom is 0.346 e. The van der Waals surface area contributed by atoms with Crippen molar-refractivity contribution in [3.05, 3.63) is 76.4 Å². The van der Waals surface area contributed by atoms with Gasteiger partial charge in [-0.05, 0) is 30.5 Å². The van der Waals surface area contributed by atoms with Crippen LogP contribution in [0.5, 0.6) is 0 Å². The quantitative estimate of drug-likeness (QED) is 0.735. The van der Waals surface area contributed by atoms with Crippen LogP contribution in [0.15, 0.2) is 57.9 Å². The molecular formula is C21H23N5O3. The predicted molar refractivity (Wildman–Crippen MR) is 105 cm³/mol. The fourth-order valence-electron chi connectivity index (χ4n) is 4.44. The minimum absolute atomic E-state index is 0.00456. The number of furan rings is 1. The van der Waals surface area contributed by atoms with E-state index in [9.17, 15) is 9.59 Å². The summed E-state index contributed by atoms with van der Waals surface area (Å²) >= 11 is 0. The van der Waals surface area contributed by atoms with Crippen LogP contribution in [0.1, 0.15) is 30.0 Å². The molecular weight excluding hydrogens is 370 g/mol. The smallest absolute Gasteiger partial charge is 0.346 e. The normalized spacial score (nSPS) is 20.3. The third-order valence-electron chi connectivity index (χ3n) is 5.83. The molecule has 2 amide bonds. The van der Waals surface area contributed by atoms with Gasteiger partial charge in [0.25, 0.3) is 0 Å². The van der Waals surface area contributed by atoms with E-state index in [0.29, 0.717) is 26.1 Å². The highest BCUT2D eigenvalue weighted by molar-refractivity contribution is 5.75. The fourth-order valence-corrected chi connectivity index (χ4v) is 4.44. The molecule has 2 atom stereocenters. The van der Waals surface area contributed by atoms with Crippen LogP contribution in [0.2, 0.25) is 0 Å². The summed E-state index contributed by atoms with van der Waals surface area (Å²) in [6.45, 7) is 1.31. The minimum atomic E-state index is -0.107. The summed E-state index contributed by atoms with van der Waals surface area (Å²) in [5.41, 5.74) is 0.942. The van der Waals surface area contributed by atoms with Gasteiger partial charge in [-0.3, -0.25) is 4.57 Å². The van der Waals surface area contributed by atoms with Crippen molar-refractivity contribution in [3.8, 4) is 0 Å². The molecule has 150 valence electrons. The third kappa shape index (κ3) is 3.35. The number of hydrogen-bond acceptors (Lipinski definition) is 4. The molecule has 1 N–H and O–H groups in total. The molecule has 2 aliphatic heterocycles. The van der Waals surface area contributed by atoms with Crippen molar-refractivity contribution < 1.29 is 9.21 Å². The molecule has 1 saturated heterocycles. The van der Waals surface area contributed by atoms with Gasteiger partial charge in [0.2, 0.25) is 0 Å². The molecule has 0 saturated carbocycles. The Kier molecular flexibility index (Phi) is 4.46. The Bertz CT molecular complexity index is 1050. The Morgan fingerprint density at radius 1 is 1.14 bits per heavy atom. The van der Waals surface area contributed by atoms with Crippen LogP contribution < -0.4 is 11.0 Å². The molecule has 8 heteroatoms. The number of aromatic nitrogens is 3. The summed E-state index contributed by atoms with van der Waals surface area (Å²) in [5.74, 6) is 1.49. The SMILES string of the molecule is O=C(NCc1ccco1)N1[C@@H]2CC[C@H]1Cc1nn(Cc3ccccc3)c(=O)n1C2. The van der Waals surface area contributed by atoms with E-state index in [1.807, 2.05) is 41.3 Å². The van der Waals surface area contributed by atoms with Gasteiger partial charge in [0.15, 0.2) is 0 Å². The van der Waals surface area contributed by atoms with Gasteiger partial charge < -0.3 is 14.6 Å². The van der Waals surface area contributed by atoms with Crippen LogP contribution in [0.4, 0.5) is 4.79 Å². The Morgan fingerprint density at radius 3 is 2.76 bits per heavy atom. The number of urea groups is 1. The number of benzene rings is 1. The predicted octanol–water partition coefficient (Wildman–Crippen LogP) is 1.99. The minimum Gasteiger partial charge on any atom is -0.467 e. The number of carbonyl (C=O) groups excluding carboxylic acids is 1. The number of hydrogen-bond donors (Lipinski definition) is 1. The van der Waals surface area contributed by atoms with Gasteiger partial charge in [0, 0.05) is 19.0 Å². The molecule has 3 aromatic rings. The van der Waals surface area contributed by atoms with E-state index in [4.69, 9.17) is 4.42 Å². The standard InChI is InChI=1S/C21H23N5O3/c27-20(22-12-18-7-4-10-29-18)26-16-8-9-17(26)14-24-19(11-16)23-25(21(24)28)13-15-5-2-1-3-6-15/h1-7,10,16-17H,8-9,11-14H2,(H,22,27)/t16-,17+/m0/s1. The van der Waals surface area contributed by atoms with Crippen molar-refractivity contribution in [2.45, 2.75) is 51.0 Å². The van der Waals surface area contributed by atoms with Crippen LogP contribution in [0, 0.1) is 0 Å². The molecule has 29 heavy (non-hydrogen) atoms. The van der Waals surface area contributed by atoms with Crippen LogP contribution in [-0.4, -0.2) is 37.4 Å². The zero-order chi connectivity index (χ0) is 19.8. The average molecular weight is 393 g/mol. The first-order valence-corrected chi connectivity index (χ1v) is 9.98. The molecule has 1 aromatic carbocycles. The summed E-state index contributed by atoms with van der Waals surface area (Å²) < 4.78 is 8.58. The molecule has 0 radical (unpaired) electrons. The topological polar surface area (TPSA) is 85.3 Å². The molecule has 1 fully saturated rings. The van der Waals surface area contributed by atoms with Crippen LogP contribution in [-0.2, 0) is 26.1 Å². The Labute approximate surface area is 167 Å². The number of nitrogens with zero attached hydrogens (tertiary/aromatic N) is 4. The second-order valence-corrected chi connectivity index (χ2v) is 7.69. The molecule has 0 spiro atoms. The van der Waals surface area contributed by atoms with Gasteiger partial charge in [-0.25, -0.2) is 14.3 Å². The lowest BCUT2D eigenvalue weighted by Crippen LogP contribution is -2.47. The van der Waals surface area contributed by atoms with Crippen molar-refractivity contribution >= 4 is 6.03 Å². The monoisotopic (exact) mass is 393 g/mol. The Balaban J connectivity index is 1.34. The van der Waals surface area contributed by atoms with E-state index in [1.165, 1.54) is 4.68 Å². The summed E-state index contributed by atoms with van der Waals surface area (Å²) in [7, 11) is 0.